The Kier molecular flexibility index (Phi) is 3.75. The molecule has 22 heavy (non-hydrogen) atoms. The van der Waals surface area contributed by atoms with E-state index in [1.807, 2.05) is 31.4 Å². The summed E-state index contributed by atoms with van der Waals surface area (Å²) < 4.78 is 21.0. The summed E-state index contributed by atoms with van der Waals surface area (Å²) in [6.07, 6.45) is 0. The van der Waals surface area contributed by atoms with Gasteiger partial charge in [-0.25, -0.2) is 9.37 Å². The molecular formula is C16H17FN4O. The van der Waals surface area contributed by atoms with Crippen LogP contribution in [0.25, 0.3) is 11.0 Å². The quantitative estimate of drug-likeness (QED) is 0.742. The van der Waals surface area contributed by atoms with Gasteiger partial charge in [-0.2, -0.15) is 5.10 Å². The fourth-order valence-corrected chi connectivity index (χ4v) is 2.35. The lowest BCUT2D eigenvalue weighted by atomic mass is 10.2. The van der Waals surface area contributed by atoms with Gasteiger partial charge in [0.1, 0.15) is 18.2 Å². The number of benzene rings is 1. The molecular weight excluding hydrogens is 283 g/mol. The number of rotatable bonds is 4. The number of aromatic nitrogens is 4. The molecule has 0 N–H and O–H groups in total. The van der Waals surface area contributed by atoms with Crippen molar-refractivity contribution in [3.05, 3.63) is 47.2 Å². The first-order valence-corrected chi connectivity index (χ1v) is 7.17. The summed E-state index contributed by atoms with van der Waals surface area (Å²) in [5.74, 6) is 0.910. The van der Waals surface area contributed by atoms with E-state index in [1.165, 1.54) is 12.1 Å². The Labute approximate surface area is 127 Å². The van der Waals surface area contributed by atoms with Crippen LogP contribution in [0.3, 0.4) is 0 Å². The molecule has 0 unspecified atom stereocenters. The smallest absolute Gasteiger partial charge is 0.234 e. The largest absolute Gasteiger partial charge is 0.468 e. The van der Waals surface area contributed by atoms with Crippen LogP contribution in [0.1, 0.15) is 24.0 Å². The van der Waals surface area contributed by atoms with Crippen LogP contribution >= 0.6 is 0 Å². The summed E-state index contributed by atoms with van der Waals surface area (Å²) in [7, 11) is 0. The van der Waals surface area contributed by atoms with Gasteiger partial charge < -0.3 is 9.30 Å². The number of ether oxygens (including phenoxy) is 1. The van der Waals surface area contributed by atoms with Gasteiger partial charge in [0.2, 0.25) is 5.88 Å². The van der Waals surface area contributed by atoms with E-state index in [4.69, 9.17) is 4.74 Å². The first-order chi connectivity index (χ1) is 10.6. The topological polar surface area (TPSA) is 52.8 Å². The van der Waals surface area contributed by atoms with Gasteiger partial charge in [0.25, 0.3) is 0 Å². The van der Waals surface area contributed by atoms with Gasteiger partial charge in [0.15, 0.2) is 0 Å². The molecule has 0 aliphatic rings. The Morgan fingerprint density at radius 3 is 2.73 bits per heavy atom. The fourth-order valence-electron chi connectivity index (χ4n) is 2.35. The molecule has 0 atom stereocenters. The third-order valence-corrected chi connectivity index (χ3v) is 3.66. The zero-order valence-corrected chi connectivity index (χ0v) is 12.8. The van der Waals surface area contributed by atoms with E-state index < -0.39 is 0 Å². The normalized spacial score (nSPS) is 11.1. The van der Waals surface area contributed by atoms with Crippen molar-refractivity contribution in [2.45, 2.75) is 33.9 Å². The molecule has 0 fully saturated rings. The molecule has 6 heteroatoms. The summed E-state index contributed by atoms with van der Waals surface area (Å²) in [4.78, 5) is 4.45. The molecule has 0 saturated heterocycles. The highest BCUT2D eigenvalue weighted by molar-refractivity contribution is 5.76. The predicted octanol–water partition coefficient (Wildman–Crippen LogP) is 3.18. The van der Waals surface area contributed by atoms with Gasteiger partial charge in [0.05, 0.1) is 16.7 Å². The average Bonchev–Trinajstić information content (AvgIpc) is 2.85. The molecule has 1 aromatic carbocycles. The highest BCUT2D eigenvalue weighted by Gasteiger charge is 2.11. The number of hydrogen-bond donors (Lipinski definition) is 0. The second-order valence-corrected chi connectivity index (χ2v) is 5.14. The van der Waals surface area contributed by atoms with Gasteiger partial charge in [-0.3, -0.25) is 0 Å². The van der Waals surface area contributed by atoms with Crippen LogP contribution in [0.15, 0.2) is 24.3 Å². The van der Waals surface area contributed by atoms with Crippen molar-refractivity contribution in [2.24, 2.45) is 0 Å². The van der Waals surface area contributed by atoms with Crippen LogP contribution in [-0.2, 0) is 13.2 Å². The molecule has 0 saturated carbocycles. The highest BCUT2D eigenvalue weighted by Crippen LogP contribution is 2.19. The Balaban J connectivity index is 1.88. The standard InChI is InChI=1S/C16H17FN4O/c1-4-21-14-6-5-12(17)8-13(14)18-15(21)9-22-16-7-10(2)11(3)19-20-16/h5-8H,4,9H2,1-3H3. The zero-order chi connectivity index (χ0) is 15.7. The van der Waals surface area contributed by atoms with Crippen LogP contribution in [-0.4, -0.2) is 19.7 Å². The van der Waals surface area contributed by atoms with Crippen LogP contribution < -0.4 is 4.74 Å². The Morgan fingerprint density at radius 2 is 2.00 bits per heavy atom. The van der Waals surface area contributed by atoms with E-state index in [0.717, 1.165) is 29.1 Å². The van der Waals surface area contributed by atoms with E-state index >= 15 is 0 Å². The summed E-state index contributed by atoms with van der Waals surface area (Å²) in [6.45, 7) is 6.88. The molecule has 0 amide bonds. The van der Waals surface area contributed by atoms with E-state index in [2.05, 4.69) is 15.2 Å². The minimum Gasteiger partial charge on any atom is -0.468 e. The maximum absolute atomic E-state index is 13.3. The molecule has 3 aromatic rings. The van der Waals surface area contributed by atoms with Gasteiger partial charge in [-0.1, -0.05) is 0 Å². The van der Waals surface area contributed by atoms with E-state index in [0.29, 0.717) is 11.4 Å². The fraction of sp³-hybridized carbons (Fsp3) is 0.312. The summed E-state index contributed by atoms with van der Waals surface area (Å²) >= 11 is 0. The molecule has 2 aromatic heterocycles. The SMILES string of the molecule is CCn1c(COc2cc(C)c(C)nn2)nc2cc(F)ccc21. The van der Waals surface area contributed by atoms with Crippen molar-refractivity contribution in [1.82, 2.24) is 19.7 Å². The van der Waals surface area contributed by atoms with Gasteiger partial charge >= 0.3 is 0 Å². The number of imidazole rings is 1. The second kappa shape index (κ2) is 5.71. The van der Waals surface area contributed by atoms with Gasteiger partial charge in [-0.15, -0.1) is 5.10 Å². The lowest BCUT2D eigenvalue weighted by molar-refractivity contribution is 0.275. The van der Waals surface area contributed by atoms with Crippen LogP contribution in [0, 0.1) is 19.7 Å². The van der Waals surface area contributed by atoms with E-state index in [1.54, 1.807) is 6.07 Å². The molecule has 0 aliphatic carbocycles. The molecule has 0 spiro atoms. The van der Waals surface area contributed by atoms with Crippen molar-refractivity contribution in [3.63, 3.8) is 0 Å². The first kappa shape index (κ1) is 14.4. The van der Waals surface area contributed by atoms with Gasteiger partial charge in [-0.05, 0) is 38.5 Å². The molecule has 114 valence electrons. The van der Waals surface area contributed by atoms with Crippen molar-refractivity contribution in [1.29, 1.82) is 0 Å². The lowest BCUT2D eigenvalue weighted by Crippen LogP contribution is -2.07. The van der Waals surface area contributed by atoms with E-state index in [9.17, 15) is 4.39 Å². The summed E-state index contributed by atoms with van der Waals surface area (Å²) in [5.41, 5.74) is 3.43. The minimum absolute atomic E-state index is 0.265. The lowest BCUT2D eigenvalue weighted by Gasteiger charge is -2.08. The third-order valence-electron chi connectivity index (χ3n) is 3.66. The van der Waals surface area contributed by atoms with Crippen LogP contribution in [0.2, 0.25) is 0 Å². The third kappa shape index (κ3) is 2.64. The van der Waals surface area contributed by atoms with Gasteiger partial charge in [0, 0.05) is 18.7 Å². The molecule has 2 heterocycles. The monoisotopic (exact) mass is 300 g/mol. The summed E-state index contributed by atoms with van der Waals surface area (Å²) in [6, 6.07) is 6.46. The number of nitrogens with zero attached hydrogens (tertiary/aromatic N) is 4. The Hall–Kier alpha value is -2.50. The molecule has 0 bridgehead atoms. The average molecular weight is 300 g/mol. The maximum Gasteiger partial charge on any atom is 0.234 e. The van der Waals surface area contributed by atoms with Crippen molar-refractivity contribution in [2.75, 3.05) is 0 Å². The first-order valence-electron chi connectivity index (χ1n) is 7.17. The molecule has 0 aliphatic heterocycles. The predicted molar refractivity (Wildman–Crippen MR) is 81.2 cm³/mol. The molecule has 5 nitrogen and oxygen atoms in total. The zero-order valence-electron chi connectivity index (χ0n) is 12.8. The number of halogens is 1. The van der Waals surface area contributed by atoms with E-state index in [-0.39, 0.29) is 12.4 Å². The van der Waals surface area contributed by atoms with Crippen molar-refractivity contribution >= 4 is 11.0 Å². The van der Waals surface area contributed by atoms with Crippen LogP contribution in [0.5, 0.6) is 5.88 Å². The number of hydrogen-bond acceptors (Lipinski definition) is 4. The minimum atomic E-state index is -0.291. The van der Waals surface area contributed by atoms with Crippen molar-refractivity contribution < 1.29 is 9.13 Å². The number of aryl methyl sites for hydroxylation is 3. The highest BCUT2D eigenvalue weighted by atomic mass is 19.1. The Bertz CT molecular complexity index is 828. The Morgan fingerprint density at radius 1 is 1.18 bits per heavy atom. The van der Waals surface area contributed by atoms with Crippen molar-refractivity contribution in [3.8, 4) is 5.88 Å². The second-order valence-electron chi connectivity index (χ2n) is 5.14. The number of fused-ring (bicyclic) bond motifs is 1. The maximum atomic E-state index is 13.3. The molecule has 3 rings (SSSR count). The summed E-state index contributed by atoms with van der Waals surface area (Å²) in [5, 5.41) is 8.04. The van der Waals surface area contributed by atoms with Crippen LogP contribution in [0.4, 0.5) is 4.39 Å². The molecule has 0 radical (unpaired) electrons.